The van der Waals surface area contributed by atoms with Gasteiger partial charge in [0, 0.05) is 20.0 Å². The minimum absolute atomic E-state index is 0.0583. The molecule has 0 rings (SSSR count). The Labute approximate surface area is 78.5 Å². The van der Waals surface area contributed by atoms with E-state index in [0.717, 1.165) is 6.54 Å². The summed E-state index contributed by atoms with van der Waals surface area (Å²) in [6, 6.07) is 0. The number of hydrogen-bond acceptors (Lipinski definition) is 3. The lowest BCUT2D eigenvalue weighted by molar-refractivity contribution is -0.125. The van der Waals surface area contributed by atoms with Crippen LogP contribution in [0, 0.1) is 0 Å². The molecule has 0 atom stereocenters. The molecule has 0 saturated heterocycles. The zero-order chi connectivity index (χ0) is 10.3. The second-order valence-electron chi connectivity index (χ2n) is 3.06. The van der Waals surface area contributed by atoms with Gasteiger partial charge < -0.3 is 15.5 Å². The van der Waals surface area contributed by atoms with Crippen molar-refractivity contribution in [2.75, 3.05) is 33.7 Å². The third-order valence-electron chi connectivity index (χ3n) is 1.38. The van der Waals surface area contributed by atoms with Gasteiger partial charge in [0.25, 0.3) is 0 Å². The van der Waals surface area contributed by atoms with E-state index in [-0.39, 0.29) is 18.4 Å². The molecule has 2 amide bonds. The van der Waals surface area contributed by atoms with Crippen LogP contribution in [-0.4, -0.2) is 50.4 Å². The molecule has 5 nitrogen and oxygen atoms in total. The molecule has 5 heteroatoms. The first-order valence-corrected chi connectivity index (χ1v) is 4.18. The van der Waals surface area contributed by atoms with Crippen LogP contribution in [0.5, 0.6) is 0 Å². The average Bonchev–Trinajstić information content (AvgIpc) is 2.00. The fraction of sp³-hybridized carbons (Fsp3) is 0.750. The second kappa shape index (κ2) is 6.42. The largest absolute Gasteiger partial charge is 0.353 e. The molecule has 0 bridgehead atoms. The monoisotopic (exact) mass is 187 g/mol. The number of likely N-dealkylation sites (N-methyl/N-ethyl adjacent to an activating group) is 1. The molecule has 0 aliphatic heterocycles. The predicted molar refractivity (Wildman–Crippen MR) is 50.2 cm³/mol. The van der Waals surface area contributed by atoms with Crippen molar-refractivity contribution in [2.45, 2.75) is 6.92 Å². The predicted octanol–water partition coefficient (Wildman–Crippen LogP) is -1.20. The summed E-state index contributed by atoms with van der Waals surface area (Å²) < 4.78 is 0. The van der Waals surface area contributed by atoms with Crippen molar-refractivity contribution in [3.63, 3.8) is 0 Å². The number of rotatable bonds is 5. The molecule has 0 heterocycles. The van der Waals surface area contributed by atoms with Gasteiger partial charge in [0.05, 0.1) is 6.54 Å². The number of hydrogen-bond donors (Lipinski definition) is 2. The highest BCUT2D eigenvalue weighted by Crippen LogP contribution is 1.71. The highest BCUT2D eigenvalue weighted by Gasteiger charge is 2.00. The van der Waals surface area contributed by atoms with Crippen molar-refractivity contribution in [3.05, 3.63) is 0 Å². The molecule has 0 aliphatic carbocycles. The smallest absolute Gasteiger partial charge is 0.239 e. The van der Waals surface area contributed by atoms with Crippen LogP contribution >= 0.6 is 0 Å². The second-order valence-corrected chi connectivity index (χ2v) is 3.06. The quantitative estimate of drug-likeness (QED) is 0.568. The molecular weight excluding hydrogens is 170 g/mol. The molecule has 0 unspecified atom stereocenters. The number of carbonyl (C=O) groups excluding carboxylic acids is 2. The molecular formula is C8H17N3O2. The van der Waals surface area contributed by atoms with Crippen molar-refractivity contribution >= 4 is 11.8 Å². The van der Waals surface area contributed by atoms with Gasteiger partial charge in [0.1, 0.15) is 0 Å². The topological polar surface area (TPSA) is 61.4 Å². The van der Waals surface area contributed by atoms with Gasteiger partial charge in [-0.25, -0.2) is 0 Å². The van der Waals surface area contributed by atoms with Crippen LogP contribution in [0.4, 0.5) is 0 Å². The van der Waals surface area contributed by atoms with Crippen LogP contribution in [0.3, 0.4) is 0 Å². The maximum absolute atomic E-state index is 11.0. The van der Waals surface area contributed by atoms with Gasteiger partial charge in [0.15, 0.2) is 0 Å². The van der Waals surface area contributed by atoms with E-state index in [4.69, 9.17) is 0 Å². The van der Waals surface area contributed by atoms with Crippen LogP contribution in [0.1, 0.15) is 6.92 Å². The van der Waals surface area contributed by atoms with Gasteiger partial charge in [-0.05, 0) is 14.1 Å². The first-order chi connectivity index (χ1) is 6.02. The number of nitrogens with zero attached hydrogens (tertiary/aromatic N) is 1. The normalized spacial score (nSPS) is 9.85. The van der Waals surface area contributed by atoms with Gasteiger partial charge in [-0.3, -0.25) is 9.59 Å². The average molecular weight is 187 g/mol. The highest BCUT2D eigenvalue weighted by atomic mass is 16.2. The number of amides is 2. The Morgan fingerprint density at radius 3 is 2.31 bits per heavy atom. The first-order valence-electron chi connectivity index (χ1n) is 4.18. The third kappa shape index (κ3) is 8.81. The summed E-state index contributed by atoms with van der Waals surface area (Å²) in [4.78, 5) is 23.4. The van der Waals surface area contributed by atoms with Crippen molar-refractivity contribution < 1.29 is 9.59 Å². The Hall–Kier alpha value is -1.10. The van der Waals surface area contributed by atoms with Crippen molar-refractivity contribution in [2.24, 2.45) is 0 Å². The Morgan fingerprint density at radius 2 is 1.85 bits per heavy atom. The Bertz CT molecular complexity index is 180. The molecule has 0 fully saturated rings. The summed E-state index contributed by atoms with van der Waals surface area (Å²) in [5, 5.41) is 5.09. The standard InChI is InChI=1S/C8H17N3O2/c1-7(12)10-6-8(13)9-4-5-11(2)3/h4-6H2,1-3H3,(H,9,13)(H,10,12). The molecule has 0 aromatic rings. The Kier molecular flexibility index (Phi) is 5.88. The third-order valence-corrected chi connectivity index (χ3v) is 1.38. The number of nitrogens with one attached hydrogen (secondary N) is 2. The van der Waals surface area contributed by atoms with E-state index in [0.29, 0.717) is 6.54 Å². The Morgan fingerprint density at radius 1 is 1.23 bits per heavy atom. The maximum Gasteiger partial charge on any atom is 0.239 e. The van der Waals surface area contributed by atoms with E-state index >= 15 is 0 Å². The molecule has 0 radical (unpaired) electrons. The lowest BCUT2D eigenvalue weighted by Crippen LogP contribution is -2.38. The lowest BCUT2D eigenvalue weighted by atomic mass is 10.5. The molecule has 2 N–H and O–H groups in total. The summed E-state index contributed by atoms with van der Waals surface area (Å²) in [5.41, 5.74) is 0. The molecule has 0 aromatic heterocycles. The molecule has 0 aromatic carbocycles. The minimum atomic E-state index is -0.192. The zero-order valence-corrected chi connectivity index (χ0v) is 8.39. The van der Waals surface area contributed by atoms with E-state index in [2.05, 4.69) is 10.6 Å². The van der Waals surface area contributed by atoms with Crippen LogP contribution in [0.15, 0.2) is 0 Å². The summed E-state index contributed by atoms with van der Waals surface area (Å²) in [5.74, 6) is -0.347. The fourth-order valence-corrected chi connectivity index (χ4v) is 0.686. The summed E-state index contributed by atoms with van der Waals surface area (Å²) in [6.07, 6.45) is 0. The van der Waals surface area contributed by atoms with Gasteiger partial charge >= 0.3 is 0 Å². The molecule has 0 aliphatic rings. The Balaban J connectivity index is 3.36. The zero-order valence-electron chi connectivity index (χ0n) is 8.39. The van der Waals surface area contributed by atoms with Crippen molar-refractivity contribution in [3.8, 4) is 0 Å². The highest BCUT2D eigenvalue weighted by molar-refractivity contribution is 5.83. The van der Waals surface area contributed by atoms with E-state index in [1.54, 1.807) is 0 Å². The van der Waals surface area contributed by atoms with Gasteiger partial charge in [-0.1, -0.05) is 0 Å². The van der Waals surface area contributed by atoms with E-state index in [1.807, 2.05) is 19.0 Å². The van der Waals surface area contributed by atoms with Crippen LogP contribution < -0.4 is 10.6 Å². The lowest BCUT2D eigenvalue weighted by Gasteiger charge is -2.10. The van der Waals surface area contributed by atoms with E-state index in [9.17, 15) is 9.59 Å². The van der Waals surface area contributed by atoms with E-state index in [1.165, 1.54) is 6.92 Å². The van der Waals surface area contributed by atoms with Crippen LogP contribution in [0.25, 0.3) is 0 Å². The first kappa shape index (κ1) is 11.9. The van der Waals surface area contributed by atoms with Crippen LogP contribution in [-0.2, 0) is 9.59 Å². The summed E-state index contributed by atoms with van der Waals surface area (Å²) >= 11 is 0. The van der Waals surface area contributed by atoms with Gasteiger partial charge in [-0.15, -0.1) is 0 Å². The number of carbonyl (C=O) groups is 2. The minimum Gasteiger partial charge on any atom is -0.353 e. The van der Waals surface area contributed by atoms with E-state index < -0.39 is 0 Å². The summed E-state index contributed by atoms with van der Waals surface area (Å²) in [7, 11) is 3.86. The van der Waals surface area contributed by atoms with Crippen molar-refractivity contribution in [1.82, 2.24) is 15.5 Å². The van der Waals surface area contributed by atoms with Crippen LogP contribution in [0.2, 0.25) is 0 Å². The fourth-order valence-electron chi connectivity index (χ4n) is 0.686. The van der Waals surface area contributed by atoms with Gasteiger partial charge in [0.2, 0.25) is 11.8 Å². The van der Waals surface area contributed by atoms with Crippen molar-refractivity contribution in [1.29, 1.82) is 0 Å². The maximum atomic E-state index is 11.0. The molecule has 76 valence electrons. The molecule has 0 spiro atoms. The molecule has 13 heavy (non-hydrogen) atoms. The SMILES string of the molecule is CC(=O)NCC(=O)NCCN(C)C. The molecule has 0 saturated carbocycles. The summed E-state index contributed by atoms with van der Waals surface area (Å²) in [6.45, 7) is 2.84. The van der Waals surface area contributed by atoms with Gasteiger partial charge in [-0.2, -0.15) is 0 Å².